The van der Waals surface area contributed by atoms with E-state index in [1.807, 2.05) is 19.9 Å². The van der Waals surface area contributed by atoms with Crippen LogP contribution in [-0.4, -0.2) is 19.8 Å². The first-order chi connectivity index (χ1) is 14.3. The van der Waals surface area contributed by atoms with Gasteiger partial charge in [-0.05, 0) is 61.1 Å². The third kappa shape index (κ3) is 7.66. The standard InChI is InChI=1S/C28H43NO2/c1-21-12-11-15-24(27(5,6)20-26(2,3)4)25(21)31-19-18-30-17-16-22-13-9-10-14-23(22)28(7,8)29/h9-15H,16-20,29H2,1-8H3. The van der Waals surface area contributed by atoms with Crippen LogP contribution in [0.2, 0.25) is 0 Å². The molecule has 0 fully saturated rings. The molecule has 3 nitrogen and oxygen atoms in total. The Morgan fingerprint density at radius 1 is 0.774 bits per heavy atom. The minimum Gasteiger partial charge on any atom is -0.491 e. The average Bonchev–Trinajstić information content (AvgIpc) is 2.63. The van der Waals surface area contributed by atoms with E-state index in [1.54, 1.807) is 0 Å². The van der Waals surface area contributed by atoms with Gasteiger partial charge >= 0.3 is 0 Å². The van der Waals surface area contributed by atoms with Crippen LogP contribution < -0.4 is 10.5 Å². The Kier molecular flexibility index (Phi) is 8.35. The summed E-state index contributed by atoms with van der Waals surface area (Å²) in [7, 11) is 0. The maximum Gasteiger partial charge on any atom is 0.126 e. The Labute approximate surface area is 190 Å². The first-order valence-electron chi connectivity index (χ1n) is 11.5. The number of hydrogen-bond acceptors (Lipinski definition) is 3. The van der Waals surface area contributed by atoms with Crippen LogP contribution in [0.1, 0.15) is 77.1 Å². The van der Waals surface area contributed by atoms with Crippen molar-refractivity contribution in [1.82, 2.24) is 0 Å². The van der Waals surface area contributed by atoms with Crippen molar-refractivity contribution in [2.24, 2.45) is 11.1 Å². The van der Waals surface area contributed by atoms with Gasteiger partial charge in [-0.1, -0.05) is 77.1 Å². The minimum atomic E-state index is -0.346. The van der Waals surface area contributed by atoms with E-state index in [9.17, 15) is 0 Å². The second-order valence-electron chi connectivity index (χ2n) is 11.2. The van der Waals surface area contributed by atoms with Gasteiger partial charge in [-0.3, -0.25) is 0 Å². The van der Waals surface area contributed by atoms with Crippen molar-refractivity contribution < 1.29 is 9.47 Å². The Morgan fingerprint density at radius 2 is 1.42 bits per heavy atom. The van der Waals surface area contributed by atoms with Crippen LogP contribution in [0.4, 0.5) is 0 Å². The van der Waals surface area contributed by atoms with Crippen LogP contribution in [0, 0.1) is 12.3 Å². The molecule has 0 radical (unpaired) electrons. The number of para-hydroxylation sites is 1. The van der Waals surface area contributed by atoms with Gasteiger partial charge in [0.05, 0.1) is 13.2 Å². The zero-order valence-corrected chi connectivity index (χ0v) is 21.0. The zero-order chi connectivity index (χ0) is 23.3. The molecule has 0 saturated carbocycles. The second kappa shape index (κ2) is 10.2. The van der Waals surface area contributed by atoms with Crippen LogP contribution in [0.15, 0.2) is 42.5 Å². The lowest BCUT2D eigenvalue weighted by molar-refractivity contribution is 0.101. The lowest BCUT2D eigenvalue weighted by Crippen LogP contribution is -2.30. The topological polar surface area (TPSA) is 44.5 Å². The fourth-order valence-corrected chi connectivity index (χ4v) is 4.65. The number of benzene rings is 2. The van der Waals surface area contributed by atoms with Gasteiger partial charge in [0.1, 0.15) is 12.4 Å². The van der Waals surface area contributed by atoms with Crippen molar-refractivity contribution in [1.29, 1.82) is 0 Å². The van der Waals surface area contributed by atoms with Gasteiger partial charge in [0.25, 0.3) is 0 Å². The maximum atomic E-state index is 6.31. The third-order valence-corrected chi connectivity index (χ3v) is 5.61. The number of hydrogen-bond donors (Lipinski definition) is 1. The molecule has 2 rings (SSSR count). The fourth-order valence-electron chi connectivity index (χ4n) is 4.65. The summed E-state index contributed by atoms with van der Waals surface area (Å²) < 4.78 is 12.2. The number of ether oxygens (including phenoxy) is 2. The second-order valence-corrected chi connectivity index (χ2v) is 11.2. The molecule has 0 bridgehead atoms. The van der Waals surface area contributed by atoms with E-state index < -0.39 is 0 Å². The smallest absolute Gasteiger partial charge is 0.126 e. The summed E-state index contributed by atoms with van der Waals surface area (Å²) in [6, 6.07) is 14.8. The molecule has 172 valence electrons. The molecule has 0 aliphatic heterocycles. The highest BCUT2D eigenvalue weighted by molar-refractivity contribution is 5.45. The van der Waals surface area contributed by atoms with E-state index in [-0.39, 0.29) is 16.4 Å². The largest absolute Gasteiger partial charge is 0.491 e. The van der Waals surface area contributed by atoms with Gasteiger partial charge in [0, 0.05) is 11.1 Å². The molecule has 0 unspecified atom stereocenters. The molecule has 0 aromatic heterocycles. The molecular formula is C28H43NO2. The summed E-state index contributed by atoms with van der Waals surface area (Å²) in [5, 5.41) is 0. The van der Waals surface area contributed by atoms with E-state index in [4.69, 9.17) is 15.2 Å². The van der Waals surface area contributed by atoms with Crippen molar-refractivity contribution in [3.8, 4) is 5.75 Å². The van der Waals surface area contributed by atoms with Gasteiger partial charge in [-0.2, -0.15) is 0 Å². The molecule has 0 saturated heterocycles. The van der Waals surface area contributed by atoms with Gasteiger partial charge in [0.2, 0.25) is 0 Å². The summed E-state index contributed by atoms with van der Waals surface area (Å²) in [5.41, 5.74) is 11.2. The molecule has 2 aromatic rings. The van der Waals surface area contributed by atoms with Crippen molar-refractivity contribution in [3.05, 3.63) is 64.7 Å². The third-order valence-electron chi connectivity index (χ3n) is 5.61. The summed E-state index contributed by atoms with van der Waals surface area (Å²) in [6.45, 7) is 19.5. The van der Waals surface area contributed by atoms with E-state index in [0.717, 1.165) is 18.6 Å². The summed E-state index contributed by atoms with van der Waals surface area (Å²) in [4.78, 5) is 0. The minimum absolute atomic E-state index is 0.0409. The SMILES string of the molecule is Cc1cccc(C(C)(C)CC(C)(C)C)c1OCCOCCc1ccccc1C(C)(C)N. The Balaban J connectivity index is 1.93. The highest BCUT2D eigenvalue weighted by Crippen LogP contribution is 2.41. The van der Waals surface area contributed by atoms with Crippen molar-refractivity contribution in [2.75, 3.05) is 19.8 Å². The van der Waals surface area contributed by atoms with Crippen LogP contribution in [-0.2, 0) is 22.1 Å². The summed E-state index contributed by atoms with van der Waals surface area (Å²) >= 11 is 0. The molecule has 2 aromatic carbocycles. The van der Waals surface area contributed by atoms with Crippen LogP contribution >= 0.6 is 0 Å². The highest BCUT2D eigenvalue weighted by atomic mass is 16.5. The Hall–Kier alpha value is -1.84. The van der Waals surface area contributed by atoms with Gasteiger partial charge in [-0.25, -0.2) is 0 Å². The van der Waals surface area contributed by atoms with E-state index in [0.29, 0.717) is 19.8 Å². The number of rotatable bonds is 10. The van der Waals surface area contributed by atoms with E-state index in [2.05, 4.69) is 77.9 Å². The molecule has 0 spiro atoms. The van der Waals surface area contributed by atoms with Crippen molar-refractivity contribution in [3.63, 3.8) is 0 Å². The monoisotopic (exact) mass is 425 g/mol. The van der Waals surface area contributed by atoms with Crippen molar-refractivity contribution >= 4 is 0 Å². The molecule has 0 atom stereocenters. The highest BCUT2D eigenvalue weighted by Gasteiger charge is 2.30. The predicted molar refractivity (Wildman–Crippen MR) is 132 cm³/mol. The first kappa shape index (κ1) is 25.4. The van der Waals surface area contributed by atoms with Gasteiger partial charge in [0.15, 0.2) is 0 Å². The molecule has 2 N–H and O–H groups in total. The normalized spacial score (nSPS) is 12.8. The molecule has 3 heteroatoms. The lowest BCUT2D eigenvalue weighted by Gasteiger charge is -2.34. The number of nitrogens with two attached hydrogens (primary N) is 1. The molecule has 0 heterocycles. The summed E-state index contributed by atoms with van der Waals surface area (Å²) in [5.74, 6) is 1.01. The Morgan fingerprint density at radius 3 is 2.06 bits per heavy atom. The zero-order valence-electron chi connectivity index (χ0n) is 21.0. The summed E-state index contributed by atoms with van der Waals surface area (Å²) in [6.07, 6.45) is 1.94. The maximum absolute atomic E-state index is 6.31. The van der Waals surface area contributed by atoms with Gasteiger partial charge < -0.3 is 15.2 Å². The quantitative estimate of drug-likeness (QED) is 0.440. The molecular weight excluding hydrogens is 382 g/mol. The molecule has 0 aliphatic carbocycles. The van der Waals surface area contributed by atoms with Gasteiger partial charge in [-0.15, -0.1) is 0 Å². The average molecular weight is 426 g/mol. The van der Waals surface area contributed by atoms with E-state index in [1.165, 1.54) is 22.3 Å². The first-order valence-corrected chi connectivity index (χ1v) is 11.5. The van der Waals surface area contributed by atoms with Crippen LogP contribution in [0.3, 0.4) is 0 Å². The van der Waals surface area contributed by atoms with Crippen LogP contribution in [0.25, 0.3) is 0 Å². The fraction of sp³-hybridized carbons (Fsp3) is 0.571. The predicted octanol–water partition coefficient (Wildman–Crippen LogP) is 6.54. The molecule has 0 amide bonds. The molecule has 0 aliphatic rings. The Bertz CT molecular complexity index is 841. The molecule has 31 heavy (non-hydrogen) atoms. The number of aryl methyl sites for hydroxylation is 1. The van der Waals surface area contributed by atoms with E-state index >= 15 is 0 Å². The lowest BCUT2D eigenvalue weighted by atomic mass is 9.72. The van der Waals surface area contributed by atoms with Crippen molar-refractivity contribution in [2.45, 2.75) is 79.2 Å². The van der Waals surface area contributed by atoms with Crippen LogP contribution in [0.5, 0.6) is 5.75 Å².